The second-order valence-corrected chi connectivity index (χ2v) is 3.87. The second kappa shape index (κ2) is 5.85. The molecule has 2 rings (SSSR count). The quantitative estimate of drug-likeness (QED) is 0.568. The first-order valence-corrected chi connectivity index (χ1v) is 5.87. The summed E-state index contributed by atoms with van der Waals surface area (Å²) in [5.74, 6) is 2.52. The lowest BCUT2D eigenvalue weighted by molar-refractivity contribution is 0.423. The van der Waals surface area contributed by atoms with Crippen LogP contribution in [0.1, 0.15) is 33.1 Å². The van der Waals surface area contributed by atoms with E-state index < -0.39 is 0 Å². The second-order valence-electron chi connectivity index (χ2n) is 3.87. The highest BCUT2D eigenvalue weighted by Gasteiger charge is 2.32. The van der Waals surface area contributed by atoms with Crippen LogP contribution in [-0.4, -0.2) is 0 Å². The first-order valence-electron chi connectivity index (χ1n) is 5.87. The normalized spacial score (nSPS) is 33.1. The predicted molar refractivity (Wildman–Crippen MR) is 64.1 cm³/mol. The van der Waals surface area contributed by atoms with E-state index in [1.54, 1.807) is 0 Å². The molecule has 1 saturated carbocycles. The van der Waals surface area contributed by atoms with Gasteiger partial charge in [-0.05, 0) is 37.0 Å². The molecule has 0 heterocycles. The van der Waals surface area contributed by atoms with Gasteiger partial charge in [0.1, 0.15) is 0 Å². The number of rotatable bonds is 2. The van der Waals surface area contributed by atoms with Crippen LogP contribution in [0.25, 0.3) is 0 Å². The van der Waals surface area contributed by atoms with Crippen LogP contribution < -0.4 is 0 Å². The van der Waals surface area contributed by atoms with Gasteiger partial charge in [0.25, 0.3) is 0 Å². The SMILES string of the molecule is C=CCC1CCC2C=CC=CC21.CC. The monoisotopic (exact) mass is 190 g/mol. The number of fused-ring (bicyclic) bond motifs is 1. The largest absolute Gasteiger partial charge is 0.103 e. The Morgan fingerprint density at radius 2 is 1.93 bits per heavy atom. The molecule has 2 aliphatic rings. The molecule has 0 nitrogen and oxygen atoms in total. The Morgan fingerprint density at radius 1 is 1.21 bits per heavy atom. The molecular formula is C14H22. The number of hydrogen-bond donors (Lipinski definition) is 0. The highest BCUT2D eigenvalue weighted by Crippen LogP contribution is 2.42. The van der Waals surface area contributed by atoms with Gasteiger partial charge in [0.15, 0.2) is 0 Å². The van der Waals surface area contributed by atoms with Crippen LogP contribution in [-0.2, 0) is 0 Å². The third-order valence-corrected chi connectivity index (χ3v) is 3.18. The summed E-state index contributed by atoms with van der Waals surface area (Å²) in [7, 11) is 0. The Kier molecular flexibility index (Phi) is 4.72. The molecule has 0 aliphatic heterocycles. The standard InChI is InChI=1S/C12H16.C2H6/c1-2-5-10-8-9-11-6-3-4-7-12(10)11;1-2/h2-4,6-7,10-12H,1,5,8-9H2;1-2H3. The average Bonchev–Trinajstić information content (AvgIpc) is 2.66. The van der Waals surface area contributed by atoms with Gasteiger partial charge < -0.3 is 0 Å². The Hall–Kier alpha value is -0.780. The molecule has 0 bridgehead atoms. The van der Waals surface area contributed by atoms with Gasteiger partial charge in [-0.2, -0.15) is 0 Å². The molecule has 0 N–H and O–H groups in total. The van der Waals surface area contributed by atoms with E-state index in [0.29, 0.717) is 0 Å². The molecule has 0 spiro atoms. The number of allylic oxidation sites excluding steroid dienone is 5. The van der Waals surface area contributed by atoms with Crippen molar-refractivity contribution < 1.29 is 0 Å². The highest BCUT2D eigenvalue weighted by molar-refractivity contribution is 5.17. The Balaban J connectivity index is 0.000000461. The summed E-state index contributed by atoms with van der Waals surface area (Å²) in [6.07, 6.45) is 15.2. The summed E-state index contributed by atoms with van der Waals surface area (Å²) in [6.45, 7) is 7.82. The van der Waals surface area contributed by atoms with E-state index in [9.17, 15) is 0 Å². The van der Waals surface area contributed by atoms with Crippen LogP contribution in [0, 0.1) is 17.8 Å². The van der Waals surface area contributed by atoms with Crippen LogP contribution in [0.3, 0.4) is 0 Å². The highest BCUT2D eigenvalue weighted by atomic mass is 14.4. The smallest absolute Gasteiger partial charge is 0.0136 e. The maximum absolute atomic E-state index is 3.82. The molecule has 0 amide bonds. The van der Waals surface area contributed by atoms with Crippen molar-refractivity contribution in [3.05, 3.63) is 37.0 Å². The van der Waals surface area contributed by atoms with Crippen molar-refractivity contribution in [3.63, 3.8) is 0 Å². The summed E-state index contributed by atoms with van der Waals surface area (Å²) in [5.41, 5.74) is 0. The fourth-order valence-corrected chi connectivity index (χ4v) is 2.55. The molecule has 3 atom stereocenters. The van der Waals surface area contributed by atoms with Crippen LogP contribution >= 0.6 is 0 Å². The predicted octanol–water partition coefficient (Wildman–Crippen LogP) is 4.36. The minimum absolute atomic E-state index is 0.813. The molecule has 3 unspecified atom stereocenters. The summed E-state index contributed by atoms with van der Waals surface area (Å²) < 4.78 is 0. The van der Waals surface area contributed by atoms with Gasteiger partial charge >= 0.3 is 0 Å². The summed E-state index contributed by atoms with van der Waals surface area (Å²) in [5, 5.41) is 0. The van der Waals surface area contributed by atoms with Crippen molar-refractivity contribution in [1.82, 2.24) is 0 Å². The van der Waals surface area contributed by atoms with Crippen LogP contribution in [0.15, 0.2) is 37.0 Å². The lowest BCUT2D eigenvalue weighted by Gasteiger charge is -2.20. The molecule has 0 aromatic carbocycles. The van der Waals surface area contributed by atoms with Gasteiger partial charge in [-0.15, -0.1) is 6.58 Å². The van der Waals surface area contributed by atoms with Crippen LogP contribution in [0.2, 0.25) is 0 Å². The molecule has 1 fully saturated rings. The van der Waals surface area contributed by atoms with E-state index in [1.807, 2.05) is 13.8 Å². The van der Waals surface area contributed by atoms with Gasteiger partial charge in [0.05, 0.1) is 0 Å². The maximum atomic E-state index is 3.82. The molecule has 0 heteroatoms. The zero-order chi connectivity index (χ0) is 10.4. The van der Waals surface area contributed by atoms with Gasteiger partial charge in [-0.25, -0.2) is 0 Å². The van der Waals surface area contributed by atoms with Gasteiger partial charge in [-0.3, -0.25) is 0 Å². The fraction of sp³-hybridized carbons (Fsp3) is 0.571. The van der Waals surface area contributed by atoms with Crippen molar-refractivity contribution >= 4 is 0 Å². The van der Waals surface area contributed by atoms with Crippen molar-refractivity contribution in [2.45, 2.75) is 33.1 Å². The topological polar surface area (TPSA) is 0 Å². The number of hydrogen-bond acceptors (Lipinski definition) is 0. The molecule has 14 heavy (non-hydrogen) atoms. The summed E-state index contributed by atoms with van der Waals surface area (Å²) >= 11 is 0. The molecule has 2 aliphatic carbocycles. The minimum Gasteiger partial charge on any atom is -0.103 e. The van der Waals surface area contributed by atoms with Crippen LogP contribution in [0.5, 0.6) is 0 Å². The first kappa shape index (κ1) is 11.3. The average molecular weight is 190 g/mol. The molecule has 0 radical (unpaired) electrons. The lowest BCUT2D eigenvalue weighted by atomic mass is 9.85. The third-order valence-electron chi connectivity index (χ3n) is 3.18. The van der Waals surface area contributed by atoms with Crippen molar-refractivity contribution in [1.29, 1.82) is 0 Å². The maximum Gasteiger partial charge on any atom is -0.0136 e. The molecule has 78 valence electrons. The lowest BCUT2D eigenvalue weighted by Crippen LogP contribution is -2.12. The Morgan fingerprint density at radius 3 is 2.64 bits per heavy atom. The van der Waals surface area contributed by atoms with Gasteiger partial charge in [0.2, 0.25) is 0 Å². The van der Waals surface area contributed by atoms with Crippen molar-refractivity contribution in [2.24, 2.45) is 17.8 Å². The van der Waals surface area contributed by atoms with Crippen LogP contribution in [0.4, 0.5) is 0 Å². The zero-order valence-electron chi connectivity index (χ0n) is 9.45. The summed E-state index contributed by atoms with van der Waals surface area (Å²) in [6, 6.07) is 0. The van der Waals surface area contributed by atoms with E-state index in [4.69, 9.17) is 0 Å². The zero-order valence-corrected chi connectivity index (χ0v) is 9.45. The van der Waals surface area contributed by atoms with Crippen molar-refractivity contribution in [2.75, 3.05) is 0 Å². The van der Waals surface area contributed by atoms with E-state index in [-0.39, 0.29) is 0 Å². The van der Waals surface area contributed by atoms with E-state index in [2.05, 4.69) is 37.0 Å². The molecule has 0 aromatic rings. The molecule has 0 aromatic heterocycles. The summed E-state index contributed by atoms with van der Waals surface area (Å²) in [4.78, 5) is 0. The first-order chi connectivity index (χ1) is 6.92. The van der Waals surface area contributed by atoms with Gasteiger partial charge in [0, 0.05) is 0 Å². The Labute approximate surface area is 88.4 Å². The van der Waals surface area contributed by atoms with E-state index in [0.717, 1.165) is 17.8 Å². The van der Waals surface area contributed by atoms with Gasteiger partial charge in [-0.1, -0.05) is 44.2 Å². The Bertz CT molecular complexity index is 222. The molecular weight excluding hydrogens is 168 g/mol. The van der Waals surface area contributed by atoms with E-state index >= 15 is 0 Å². The fourth-order valence-electron chi connectivity index (χ4n) is 2.55. The molecule has 0 saturated heterocycles. The minimum atomic E-state index is 0.813. The van der Waals surface area contributed by atoms with E-state index in [1.165, 1.54) is 19.3 Å². The van der Waals surface area contributed by atoms with Crippen molar-refractivity contribution in [3.8, 4) is 0 Å². The third kappa shape index (κ3) is 2.37.